The third-order valence-electron chi connectivity index (χ3n) is 2.38. The predicted octanol–water partition coefficient (Wildman–Crippen LogP) is 2.19. The average molecular weight is 301 g/mol. The smallest absolute Gasteiger partial charge is 0.370 e. The maximum Gasteiger partial charge on any atom is 0.370 e. The lowest BCUT2D eigenvalue weighted by Crippen LogP contribution is -2.33. The molecule has 0 aromatic heterocycles. The molecule has 5 nitrogen and oxygen atoms in total. The summed E-state index contributed by atoms with van der Waals surface area (Å²) in [7, 11) is -3.14. The van der Waals surface area contributed by atoms with E-state index in [-0.39, 0.29) is 22.6 Å². The van der Waals surface area contributed by atoms with Crippen LogP contribution in [0.1, 0.15) is 31.1 Å². The molecule has 0 saturated heterocycles. The van der Waals surface area contributed by atoms with E-state index in [1.54, 1.807) is 12.1 Å². The highest BCUT2D eigenvalue weighted by atomic mass is 33.1. The van der Waals surface area contributed by atoms with Gasteiger partial charge in [-0.3, -0.25) is 4.79 Å². The number of hydrogen-bond acceptors (Lipinski definition) is 5. The number of amides is 1. The lowest BCUT2D eigenvalue weighted by atomic mass is 9.97. The van der Waals surface area contributed by atoms with E-state index in [2.05, 4.69) is 5.32 Å². The van der Waals surface area contributed by atoms with Crippen molar-refractivity contribution in [2.75, 3.05) is 6.54 Å². The minimum absolute atomic E-state index is 0.0467. The van der Waals surface area contributed by atoms with Crippen molar-refractivity contribution in [1.29, 1.82) is 0 Å². The number of carbonyl (C=O) groups is 1. The molecule has 1 aromatic rings. The van der Waals surface area contributed by atoms with Gasteiger partial charge in [-0.1, -0.05) is 26.8 Å². The molecule has 1 N–H and O–H groups in total. The average Bonchev–Trinajstić information content (AvgIpc) is 2.22. The minimum atomic E-state index is -3.69. The van der Waals surface area contributed by atoms with E-state index in [0.717, 1.165) is 0 Å². The van der Waals surface area contributed by atoms with Crippen LogP contribution in [0.25, 0.3) is 0 Å². The van der Waals surface area contributed by atoms with Crippen molar-refractivity contribution in [3.05, 3.63) is 23.8 Å². The number of fused-ring (bicyclic) bond motifs is 2. The molecule has 1 heterocycles. The first-order valence-corrected chi connectivity index (χ1v) is 8.47. The fourth-order valence-electron chi connectivity index (χ4n) is 1.54. The molecule has 2 rings (SSSR count). The van der Waals surface area contributed by atoms with E-state index in [9.17, 15) is 13.2 Å². The van der Waals surface area contributed by atoms with E-state index in [0.29, 0.717) is 22.2 Å². The molecule has 0 spiro atoms. The van der Waals surface area contributed by atoms with Gasteiger partial charge in [0.1, 0.15) is 0 Å². The van der Waals surface area contributed by atoms with Crippen molar-refractivity contribution in [3.63, 3.8) is 0 Å². The highest BCUT2D eigenvalue weighted by Gasteiger charge is 2.31. The summed E-state index contributed by atoms with van der Waals surface area (Å²) < 4.78 is 27.7. The van der Waals surface area contributed by atoms with Crippen LogP contribution in [0.3, 0.4) is 0 Å². The molecule has 0 saturated carbocycles. The molecule has 2 bridgehead atoms. The van der Waals surface area contributed by atoms with Crippen molar-refractivity contribution >= 4 is 25.9 Å². The standard InChI is InChI=1S/C12H15NO4S2/c1-12(2,3)7-13-11(14)10-8-5-4-6-9(10)18-19(15,16)17-8/h4-6H,7H2,1-3H3,(H,13,14). The van der Waals surface area contributed by atoms with Crippen LogP contribution in [-0.2, 0) is 9.15 Å². The summed E-state index contributed by atoms with van der Waals surface area (Å²) in [5, 5.41) is 2.79. The quantitative estimate of drug-likeness (QED) is 0.848. The summed E-state index contributed by atoms with van der Waals surface area (Å²) in [4.78, 5) is 12.5. The van der Waals surface area contributed by atoms with Gasteiger partial charge in [0.2, 0.25) is 0 Å². The zero-order chi connectivity index (χ0) is 14.3. The largest absolute Gasteiger partial charge is 0.373 e. The number of nitrogens with one attached hydrogen (secondary N) is 1. The molecular formula is C12H15NO4S2. The van der Waals surface area contributed by atoms with Crippen LogP contribution >= 0.6 is 10.8 Å². The van der Waals surface area contributed by atoms with Crippen LogP contribution in [0.4, 0.5) is 0 Å². The van der Waals surface area contributed by atoms with Crippen LogP contribution < -0.4 is 9.50 Å². The molecule has 1 aromatic carbocycles. The highest BCUT2D eigenvalue weighted by Crippen LogP contribution is 2.40. The first kappa shape index (κ1) is 14.2. The number of benzene rings is 1. The third-order valence-corrected chi connectivity index (χ3v) is 4.84. The van der Waals surface area contributed by atoms with Gasteiger partial charge < -0.3 is 9.50 Å². The van der Waals surface area contributed by atoms with Crippen molar-refractivity contribution in [1.82, 2.24) is 5.32 Å². The molecule has 0 aliphatic carbocycles. The van der Waals surface area contributed by atoms with Gasteiger partial charge in [0.25, 0.3) is 5.91 Å². The van der Waals surface area contributed by atoms with Crippen molar-refractivity contribution in [2.45, 2.75) is 25.7 Å². The topological polar surface area (TPSA) is 72.5 Å². The maximum absolute atomic E-state index is 12.1. The lowest BCUT2D eigenvalue weighted by molar-refractivity contribution is 0.0934. The minimum Gasteiger partial charge on any atom is -0.373 e. The van der Waals surface area contributed by atoms with Gasteiger partial charge in [-0.2, -0.15) is 8.42 Å². The third kappa shape index (κ3) is 3.42. The van der Waals surface area contributed by atoms with Gasteiger partial charge in [-0.25, -0.2) is 0 Å². The predicted molar refractivity (Wildman–Crippen MR) is 73.6 cm³/mol. The zero-order valence-electron chi connectivity index (χ0n) is 10.9. The van der Waals surface area contributed by atoms with E-state index in [1.165, 1.54) is 6.07 Å². The summed E-state index contributed by atoms with van der Waals surface area (Å²) in [6.45, 7) is 6.50. The molecule has 1 aliphatic rings. The van der Waals surface area contributed by atoms with E-state index in [4.69, 9.17) is 4.18 Å². The molecule has 1 amide bonds. The molecule has 104 valence electrons. The van der Waals surface area contributed by atoms with Gasteiger partial charge in [-0.15, -0.1) is 0 Å². The molecule has 0 atom stereocenters. The Morgan fingerprint density at radius 1 is 1.37 bits per heavy atom. The van der Waals surface area contributed by atoms with Crippen molar-refractivity contribution < 1.29 is 17.4 Å². The van der Waals surface area contributed by atoms with Crippen molar-refractivity contribution in [2.24, 2.45) is 5.41 Å². The molecule has 0 fully saturated rings. The Balaban J connectivity index is 2.27. The highest BCUT2D eigenvalue weighted by molar-refractivity contribution is 8.70. The van der Waals surface area contributed by atoms with E-state index < -0.39 is 9.15 Å². The first-order chi connectivity index (χ1) is 8.68. The zero-order valence-corrected chi connectivity index (χ0v) is 12.5. The monoisotopic (exact) mass is 301 g/mol. The van der Waals surface area contributed by atoms with Gasteiger partial charge in [0, 0.05) is 22.2 Å². The molecule has 19 heavy (non-hydrogen) atoms. The van der Waals surface area contributed by atoms with Crippen LogP contribution in [0.2, 0.25) is 0 Å². The van der Waals surface area contributed by atoms with E-state index >= 15 is 0 Å². The summed E-state index contributed by atoms with van der Waals surface area (Å²) in [5.74, 6) is -0.231. The normalized spacial score (nSPS) is 16.6. The van der Waals surface area contributed by atoms with Crippen LogP contribution in [0.15, 0.2) is 23.1 Å². The summed E-state index contributed by atoms with van der Waals surface area (Å²) in [6, 6.07) is 4.74. The summed E-state index contributed by atoms with van der Waals surface area (Å²) in [5.41, 5.74) is 0.237. The van der Waals surface area contributed by atoms with Crippen LogP contribution in [0, 0.1) is 5.41 Å². The second-order valence-corrected chi connectivity index (χ2v) is 8.76. The number of hydrogen-bond donors (Lipinski definition) is 1. The Morgan fingerprint density at radius 3 is 2.63 bits per heavy atom. The van der Waals surface area contributed by atoms with Gasteiger partial charge in [-0.05, 0) is 17.5 Å². The first-order valence-electron chi connectivity index (χ1n) is 5.73. The molecule has 0 unspecified atom stereocenters. The second-order valence-electron chi connectivity index (χ2n) is 5.45. The molecule has 1 aliphatic heterocycles. The Labute approximate surface area is 116 Å². The number of carbonyl (C=O) groups excluding carboxylic acids is 1. The van der Waals surface area contributed by atoms with Crippen molar-refractivity contribution in [3.8, 4) is 5.75 Å². The molecule has 0 radical (unpaired) electrons. The second kappa shape index (κ2) is 4.72. The Kier molecular flexibility index (Phi) is 3.53. The van der Waals surface area contributed by atoms with Gasteiger partial charge in [0.15, 0.2) is 5.75 Å². The lowest BCUT2D eigenvalue weighted by Gasteiger charge is -2.22. The summed E-state index contributed by atoms with van der Waals surface area (Å²) >= 11 is 0. The summed E-state index contributed by atoms with van der Waals surface area (Å²) in [6.07, 6.45) is 0. The Bertz CT molecular complexity index is 587. The maximum atomic E-state index is 12.1. The SMILES string of the molecule is CC(C)(C)CNC(=O)c1c2cccc1SS(=O)(=O)O2. The van der Waals surface area contributed by atoms with E-state index in [1.807, 2.05) is 20.8 Å². The number of rotatable bonds is 2. The Hall–Kier alpha value is -1.21. The fourth-order valence-corrected chi connectivity index (χ4v) is 3.97. The van der Waals surface area contributed by atoms with Gasteiger partial charge >= 0.3 is 9.15 Å². The van der Waals surface area contributed by atoms with Gasteiger partial charge in [0.05, 0.1) is 5.56 Å². The fraction of sp³-hybridized carbons (Fsp3) is 0.417. The molecular weight excluding hydrogens is 286 g/mol. The Morgan fingerprint density at radius 2 is 2.05 bits per heavy atom. The van der Waals surface area contributed by atoms with Crippen LogP contribution in [-0.4, -0.2) is 20.9 Å². The van der Waals surface area contributed by atoms with Crippen LogP contribution in [0.5, 0.6) is 5.75 Å². The molecule has 7 heteroatoms.